The van der Waals surface area contributed by atoms with Gasteiger partial charge < -0.3 is 0 Å². The van der Waals surface area contributed by atoms with Gasteiger partial charge in [0.2, 0.25) is 5.92 Å². The van der Waals surface area contributed by atoms with Crippen LogP contribution in [0.3, 0.4) is 0 Å². The molecule has 14 heteroatoms. The molecule has 3 spiro atoms. The van der Waals surface area contributed by atoms with Crippen molar-refractivity contribution in [2.75, 3.05) is 0 Å². The van der Waals surface area contributed by atoms with Crippen LogP contribution >= 0.6 is 0 Å². The van der Waals surface area contributed by atoms with Crippen molar-refractivity contribution in [2.24, 2.45) is 97.1 Å². The third kappa shape index (κ3) is 68.3. The van der Waals surface area contributed by atoms with Crippen molar-refractivity contribution in [3.05, 3.63) is 0 Å². The fraction of sp³-hybridized carbons (Fsp3) is 1.00. The minimum Gasteiger partial charge on any atom is -0.207 e. The van der Waals surface area contributed by atoms with Crippen LogP contribution in [0.5, 0.6) is 0 Å². The maximum Gasteiger partial charge on any atom is 0.391 e. The average Bonchev–Trinajstić information content (AvgIpc) is 0.880. The third-order valence-electron chi connectivity index (χ3n) is 21.2. The molecule has 3 atom stereocenters. The quantitative estimate of drug-likeness (QED) is 0.233. The second-order valence-corrected chi connectivity index (χ2v) is 38.8. The molecular formula is C88H174F14. The first-order chi connectivity index (χ1) is 45.9. The van der Waals surface area contributed by atoms with Crippen molar-refractivity contribution in [2.45, 2.75) is 470 Å². The molecule has 0 aromatic carbocycles. The fourth-order valence-electron chi connectivity index (χ4n) is 14.1. The van der Waals surface area contributed by atoms with Crippen LogP contribution in [0.25, 0.3) is 0 Å². The van der Waals surface area contributed by atoms with E-state index in [-0.39, 0.29) is 31.1 Å². The lowest BCUT2D eigenvalue weighted by Gasteiger charge is -2.54. The number of hydrogen-bond acceptors (Lipinski definition) is 0. The Morgan fingerprint density at radius 2 is 0.578 bits per heavy atom. The molecule has 0 nitrogen and oxygen atoms in total. The zero-order chi connectivity index (χ0) is 81.8. The Bertz CT molecular complexity index is 1810. The molecule has 0 amide bonds. The summed E-state index contributed by atoms with van der Waals surface area (Å²) in [5.74, 6) is 0.104. The average molecular weight is 1500 g/mol. The van der Waals surface area contributed by atoms with Gasteiger partial charge >= 0.3 is 24.7 Å². The number of halogens is 14. The summed E-state index contributed by atoms with van der Waals surface area (Å²) in [4.78, 5) is 0. The topological polar surface area (TPSA) is 0 Å². The Morgan fingerprint density at radius 1 is 0.343 bits per heavy atom. The van der Waals surface area contributed by atoms with Gasteiger partial charge in [-0.05, 0) is 201 Å². The number of rotatable bonds is 6. The standard InChI is InChI=1S/C16H30.C14H26.C11H20.C7H12F2.2C6H11F3.C5H9F3.2C5H12.C4H7F3.C4H10.C3H8.C2H6/c1-13-6-8-16(9-7-13)11-14(2,3)10-15(4,5)12-16;1-12-4-6-14(7-5-12)10-8-13(2,3)9-11-14;1-10-4-8-11(9-5-10)6-2-3-7-11;1-6-2-4-7(8,9)5-3-6;2*1-3-5(2)4-6(7,8)9;1-3-4(2)5(6,7)8;1-5(2,3)4;1-4-5(2)3;1-3(2)4(5,6)7;1-4(2)3;1-3-2;1-2/h13H,6-12H2,1-5H3;12H,4-11H2,1-3H3;10H,2-9H2,1H3;6H,2-5H2,1H3;2*5H,3-4H2,1-2H3;4H,3H2,1-2H3;1-4H3;5H,4H2,1-3H3;3H,1-2H3;4H,1-3H3;3H2,1-2H3;1-2H3/t;;;;2*5-;;;;;;;/m....00......./s1. The number of hydrogen-bond donors (Lipinski definition) is 0. The van der Waals surface area contributed by atoms with E-state index in [1.807, 2.05) is 20.8 Å². The van der Waals surface area contributed by atoms with E-state index in [2.05, 4.69) is 145 Å². The lowest BCUT2D eigenvalue weighted by molar-refractivity contribution is -0.170. The Balaban J connectivity index is -0.000000252. The molecule has 0 aromatic heterocycles. The van der Waals surface area contributed by atoms with Crippen molar-refractivity contribution in [3.8, 4) is 0 Å². The van der Waals surface area contributed by atoms with Gasteiger partial charge in [-0.3, -0.25) is 0 Å². The van der Waals surface area contributed by atoms with Crippen molar-refractivity contribution < 1.29 is 61.5 Å². The highest BCUT2D eigenvalue weighted by Gasteiger charge is 2.48. The molecular weight excluding hydrogens is 1320 g/mol. The molecule has 0 aliphatic heterocycles. The van der Waals surface area contributed by atoms with Gasteiger partial charge in [0.05, 0.1) is 5.92 Å². The van der Waals surface area contributed by atoms with E-state index in [1.54, 1.807) is 53.4 Å². The summed E-state index contributed by atoms with van der Waals surface area (Å²) in [5, 5.41) is 0. The van der Waals surface area contributed by atoms with Gasteiger partial charge in [-0.15, -0.1) is 0 Å². The van der Waals surface area contributed by atoms with Crippen molar-refractivity contribution >= 4 is 0 Å². The van der Waals surface area contributed by atoms with E-state index in [9.17, 15) is 61.5 Å². The first kappa shape index (κ1) is 112. The Labute approximate surface area is 626 Å². The van der Waals surface area contributed by atoms with Crippen LogP contribution in [0, 0.1) is 97.1 Å². The summed E-state index contributed by atoms with van der Waals surface area (Å²) in [7, 11) is 0. The fourth-order valence-corrected chi connectivity index (χ4v) is 14.1. The van der Waals surface area contributed by atoms with Gasteiger partial charge in [-0.25, -0.2) is 8.78 Å². The monoisotopic (exact) mass is 1500 g/mol. The normalized spacial score (nSPS) is 22.0. The molecule has 0 heterocycles. The molecule has 102 heavy (non-hydrogen) atoms. The van der Waals surface area contributed by atoms with Crippen LogP contribution in [0.15, 0.2) is 0 Å². The molecule has 0 N–H and O–H groups in total. The molecule has 624 valence electrons. The van der Waals surface area contributed by atoms with Crippen LogP contribution in [0.2, 0.25) is 0 Å². The van der Waals surface area contributed by atoms with E-state index in [0.717, 1.165) is 54.3 Å². The number of alkyl halides is 14. The molecule has 7 rings (SSSR count). The zero-order valence-corrected chi connectivity index (χ0v) is 73.1. The summed E-state index contributed by atoms with van der Waals surface area (Å²) in [5.41, 5.74) is 4.64. The van der Waals surface area contributed by atoms with E-state index >= 15 is 0 Å². The van der Waals surface area contributed by atoms with Crippen LogP contribution < -0.4 is 0 Å². The maximum atomic E-state index is 12.4. The second kappa shape index (κ2) is 53.8. The van der Waals surface area contributed by atoms with Gasteiger partial charge in [0.25, 0.3) is 0 Å². The molecule has 1 unspecified atom stereocenters. The second-order valence-electron chi connectivity index (χ2n) is 38.8. The van der Waals surface area contributed by atoms with Gasteiger partial charge in [-0.1, -0.05) is 299 Å². The molecule has 0 bridgehead atoms. The molecule has 7 aliphatic rings. The minimum absolute atomic E-state index is 0.105. The Hall–Kier alpha value is -0.980. The van der Waals surface area contributed by atoms with Crippen LogP contribution in [-0.2, 0) is 0 Å². The molecule has 0 radical (unpaired) electrons. The van der Waals surface area contributed by atoms with Crippen LogP contribution in [0.1, 0.15) is 440 Å². The predicted molar refractivity (Wildman–Crippen MR) is 420 cm³/mol. The zero-order valence-electron chi connectivity index (χ0n) is 73.1. The maximum absolute atomic E-state index is 12.4. The first-order valence-electron chi connectivity index (χ1n) is 41.5. The van der Waals surface area contributed by atoms with E-state index in [4.69, 9.17) is 0 Å². The predicted octanol–water partition coefficient (Wildman–Crippen LogP) is 35.8. The lowest BCUT2D eigenvalue weighted by atomic mass is 9.51. The van der Waals surface area contributed by atoms with Gasteiger partial charge in [0.15, 0.2) is 0 Å². The highest BCUT2D eigenvalue weighted by atomic mass is 19.4. The largest absolute Gasteiger partial charge is 0.391 e. The summed E-state index contributed by atoms with van der Waals surface area (Å²) < 4.78 is 162. The van der Waals surface area contributed by atoms with Gasteiger partial charge in [0.1, 0.15) is 0 Å². The van der Waals surface area contributed by atoms with Crippen LogP contribution in [0.4, 0.5) is 61.5 Å². The van der Waals surface area contributed by atoms with E-state index in [1.165, 1.54) is 149 Å². The summed E-state index contributed by atoms with van der Waals surface area (Å²) in [6, 6.07) is 0. The summed E-state index contributed by atoms with van der Waals surface area (Å²) >= 11 is 0. The lowest BCUT2D eigenvalue weighted by Crippen LogP contribution is -2.43. The van der Waals surface area contributed by atoms with Crippen molar-refractivity contribution in [1.29, 1.82) is 0 Å². The molecule has 0 aromatic rings. The highest BCUT2D eigenvalue weighted by molar-refractivity contribution is 4.99. The molecule has 7 saturated carbocycles. The first-order valence-corrected chi connectivity index (χ1v) is 41.5. The van der Waals surface area contributed by atoms with Crippen LogP contribution in [-0.4, -0.2) is 30.6 Å². The van der Waals surface area contributed by atoms with Gasteiger partial charge in [0, 0.05) is 31.6 Å². The third-order valence-corrected chi connectivity index (χ3v) is 21.2. The molecule has 7 aliphatic carbocycles. The highest BCUT2D eigenvalue weighted by Crippen LogP contribution is 2.60. The SMILES string of the molecule is CC.CC(C)(C)C.CC(C)C.CC(C)C(F)(F)F.CC1CCC(F)(F)CC1.CC1CCC2(CC1)CC(C)(C)CC(C)(C)C2.CC1CCC2(CC1)CCC(C)(C)CC2.CC1CCC2(CCCC2)CC1.CCC.CCC(C)C.CCC(C)C(F)(F)F.CC[C@H](C)CC(F)(F)F.CC[C@H](C)CC(F)(F)F. The minimum atomic E-state index is -4.00. The summed E-state index contributed by atoms with van der Waals surface area (Å²) in [6.45, 7) is 66.0. The van der Waals surface area contributed by atoms with Crippen molar-refractivity contribution in [3.63, 3.8) is 0 Å². The Kier molecular flexibility index (Phi) is 59.0. The summed E-state index contributed by atoms with van der Waals surface area (Å²) in [6.07, 6.45) is 23.0. The Morgan fingerprint density at radius 3 is 0.755 bits per heavy atom. The van der Waals surface area contributed by atoms with Gasteiger partial charge in [-0.2, -0.15) is 52.7 Å². The molecule has 7 fully saturated rings. The van der Waals surface area contributed by atoms with E-state index < -0.39 is 55.3 Å². The smallest absolute Gasteiger partial charge is 0.207 e. The van der Waals surface area contributed by atoms with E-state index in [0.29, 0.717) is 58.7 Å². The van der Waals surface area contributed by atoms with Crippen molar-refractivity contribution in [1.82, 2.24) is 0 Å². The molecule has 0 saturated heterocycles.